The SMILES string of the molecule is Brc1cncc(-c2ccc3c(c2)OCCO3)c1. The number of fused-ring (bicyclic) bond motifs is 1. The van der Waals surface area contributed by atoms with Crippen molar-refractivity contribution in [3.05, 3.63) is 41.1 Å². The lowest BCUT2D eigenvalue weighted by molar-refractivity contribution is 0.171. The van der Waals surface area contributed by atoms with Gasteiger partial charge in [-0.2, -0.15) is 0 Å². The van der Waals surface area contributed by atoms with Crippen LogP contribution in [0.3, 0.4) is 0 Å². The molecule has 0 saturated heterocycles. The Morgan fingerprint density at radius 1 is 0.941 bits per heavy atom. The molecular formula is C13H10BrNO2. The maximum absolute atomic E-state index is 5.56. The van der Waals surface area contributed by atoms with Gasteiger partial charge in [0.05, 0.1) is 0 Å². The van der Waals surface area contributed by atoms with Gasteiger partial charge in [0.2, 0.25) is 0 Å². The Kier molecular flexibility index (Phi) is 2.73. The number of hydrogen-bond donors (Lipinski definition) is 0. The molecule has 3 nitrogen and oxygen atoms in total. The van der Waals surface area contributed by atoms with Gasteiger partial charge in [-0.1, -0.05) is 6.07 Å². The molecule has 1 aromatic heterocycles. The molecule has 2 aromatic rings. The summed E-state index contributed by atoms with van der Waals surface area (Å²) in [4.78, 5) is 4.15. The fraction of sp³-hybridized carbons (Fsp3) is 0.154. The van der Waals surface area contributed by atoms with Crippen LogP contribution in [-0.2, 0) is 0 Å². The maximum Gasteiger partial charge on any atom is 0.161 e. The van der Waals surface area contributed by atoms with Gasteiger partial charge in [0.1, 0.15) is 13.2 Å². The van der Waals surface area contributed by atoms with Crippen molar-refractivity contribution in [3.63, 3.8) is 0 Å². The van der Waals surface area contributed by atoms with E-state index < -0.39 is 0 Å². The van der Waals surface area contributed by atoms with Crippen LogP contribution >= 0.6 is 15.9 Å². The lowest BCUT2D eigenvalue weighted by Gasteiger charge is -2.18. The highest BCUT2D eigenvalue weighted by Crippen LogP contribution is 2.34. The molecule has 1 aliphatic heterocycles. The third kappa shape index (κ3) is 2.13. The first-order valence-corrected chi connectivity index (χ1v) is 6.13. The van der Waals surface area contributed by atoms with Gasteiger partial charge in [-0.25, -0.2) is 0 Å². The molecule has 0 amide bonds. The summed E-state index contributed by atoms with van der Waals surface area (Å²) < 4.78 is 12.0. The van der Waals surface area contributed by atoms with E-state index in [9.17, 15) is 0 Å². The van der Waals surface area contributed by atoms with Crippen LogP contribution in [0.2, 0.25) is 0 Å². The van der Waals surface area contributed by atoms with Crippen LogP contribution in [0.4, 0.5) is 0 Å². The first kappa shape index (κ1) is 10.6. The highest BCUT2D eigenvalue weighted by atomic mass is 79.9. The minimum Gasteiger partial charge on any atom is -0.486 e. The predicted octanol–water partition coefficient (Wildman–Crippen LogP) is 3.28. The minimum absolute atomic E-state index is 0.604. The van der Waals surface area contributed by atoms with Crippen molar-refractivity contribution in [2.24, 2.45) is 0 Å². The second kappa shape index (κ2) is 4.37. The number of hydrogen-bond acceptors (Lipinski definition) is 3. The third-order valence-electron chi connectivity index (χ3n) is 2.58. The van der Waals surface area contributed by atoms with Crippen molar-refractivity contribution in [2.45, 2.75) is 0 Å². The minimum atomic E-state index is 0.604. The van der Waals surface area contributed by atoms with Gasteiger partial charge in [0.25, 0.3) is 0 Å². The van der Waals surface area contributed by atoms with Crippen LogP contribution in [0.15, 0.2) is 41.1 Å². The molecule has 0 fully saturated rings. The average Bonchev–Trinajstić information content (AvgIpc) is 2.38. The Bertz CT molecular complexity index is 557. The van der Waals surface area contributed by atoms with E-state index in [1.807, 2.05) is 30.5 Å². The number of pyridine rings is 1. The summed E-state index contributed by atoms with van der Waals surface area (Å²) in [7, 11) is 0. The predicted molar refractivity (Wildman–Crippen MR) is 68.4 cm³/mol. The molecule has 3 rings (SSSR count). The first-order valence-electron chi connectivity index (χ1n) is 5.33. The largest absolute Gasteiger partial charge is 0.486 e. The number of nitrogens with zero attached hydrogens (tertiary/aromatic N) is 1. The molecule has 0 saturated carbocycles. The zero-order chi connectivity index (χ0) is 11.7. The molecular weight excluding hydrogens is 282 g/mol. The third-order valence-corrected chi connectivity index (χ3v) is 3.01. The highest BCUT2D eigenvalue weighted by molar-refractivity contribution is 9.10. The smallest absolute Gasteiger partial charge is 0.161 e. The topological polar surface area (TPSA) is 31.4 Å². The van der Waals surface area contributed by atoms with Crippen LogP contribution in [-0.4, -0.2) is 18.2 Å². The van der Waals surface area contributed by atoms with Crippen LogP contribution < -0.4 is 9.47 Å². The van der Waals surface area contributed by atoms with Crippen molar-refractivity contribution in [2.75, 3.05) is 13.2 Å². The molecule has 86 valence electrons. The Morgan fingerprint density at radius 3 is 2.59 bits per heavy atom. The number of rotatable bonds is 1. The zero-order valence-electron chi connectivity index (χ0n) is 9.02. The summed E-state index contributed by atoms with van der Waals surface area (Å²) in [6.07, 6.45) is 3.59. The summed E-state index contributed by atoms with van der Waals surface area (Å²) in [6.45, 7) is 1.22. The van der Waals surface area contributed by atoms with E-state index >= 15 is 0 Å². The van der Waals surface area contributed by atoms with Gasteiger partial charge in [0.15, 0.2) is 11.5 Å². The van der Waals surface area contributed by atoms with Crippen LogP contribution in [0, 0.1) is 0 Å². The van der Waals surface area contributed by atoms with Gasteiger partial charge >= 0.3 is 0 Å². The summed E-state index contributed by atoms with van der Waals surface area (Å²) in [6, 6.07) is 7.96. The molecule has 0 aliphatic carbocycles. The van der Waals surface area contributed by atoms with Crippen molar-refractivity contribution >= 4 is 15.9 Å². The number of benzene rings is 1. The van der Waals surface area contributed by atoms with Crippen LogP contribution in [0.5, 0.6) is 11.5 Å². The molecule has 4 heteroatoms. The van der Waals surface area contributed by atoms with E-state index in [0.29, 0.717) is 13.2 Å². The van der Waals surface area contributed by atoms with Crippen molar-refractivity contribution in [1.82, 2.24) is 4.98 Å². The number of aromatic nitrogens is 1. The van der Waals surface area contributed by atoms with Gasteiger partial charge < -0.3 is 9.47 Å². The fourth-order valence-electron chi connectivity index (χ4n) is 1.79. The normalized spacial score (nSPS) is 13.5. The van der Waals surface area contributed by atoms with Crippen molar-refractivity contribution in [3.8, 4) is 22.6 Å². The Balaban J connectivity index is 2.04. The second-order valence-corrected chi connectivity index (χ2v) is 4.67. The molecule has 0 spiro atoms. The summed E-state index contributed by atoms with van der Waals surface area (Å²) in [5.41, 5.74) is 2.12. The number of halogens is 1. The van der Waals surface area contributed by atoms with Crippen molar-refractivity contribution in [1.29, 1.82) is 0 Å². The quantitative estimate of drug-likeness (QED) is 0.808. The molecule has 0 N–H and O–H groups in total. The second-order valence-electron chi connectivity index (χ2n) is 3.75. The Hall–Kier alpha value is -1.55. The molecule has 0 bridgehead atoms. The monoisotopic (exact) mass is 291 g/mol. The van der Waals surface area contributed by atoms with Gasteiger partial charge in [-0.3, -0.25) is 4.98 Å². The average molecular weight is 292 g/mol. The molecule has 17 heavy (non-hydrogen) atoms. The zero-order valence-corrected chi connectivity index (χ0v) is 10.6. The molecule has 2 heterocycles. The van der Waals surface area contributed by atoms with Gasteiger partial charge in [0, 0.05) is 22.4 Å². The standard InChI is InChI=1S/C13H10BrNO2/c14-11-5-10(7-15-8-11)9-1-2-12-13(6-9)17-4-3-16-12/h1-2,5-8H,3-4H2. The van der Waals surface area contributed by atoms with Gasteiger partial charge in [-0.15, -0.1) is 0 Å². The van der Waals surface area contributed by atoms with E-state index in [1.54, 1.807) is 6.20 Å². The molecule has 1 aliphatic rings. The van der Waals surface area contributed by atoms with E-state index in [2.05, 4.69) is 20.9 Å². The Labute approximate surface area is 108 Å². The lowest BCUT2D eigenvalue weighted by atomic mass is 10.1. The fourth-order valence-corrected chi connectivity index (χ4v) is 2.16. The molecule has 1 aromatic carbocycles. The first-order chi connectivity index (χ1) is 8.33. The molecule has 0 unspecified atom stereocenters. The van der Waals surface area contributed by atoms with Crippen molar-refractivity contribution < 1.29 is 9.47 Å². The molecule has 0 radical (unpaired) electrons. The highest BCUT2D eigenvalue weighted by Gasteiger charge is 2.12. The van der Waals surface area contributed by atoms with Gasteiger partial charge in [-0.05, 0) is 39.7 Å². The summed E-state index contributed by atoms with van der Waals surface area (Å²) >= 11 is 3.42. The number of ether oxygens (including phenoxy) is 2. The van der Waals surface area contributed by atoms with E-state index in [0.717, 1.165) is 27.1 Å². The van der Waals surface area contributed by atoms with E-state index in [1.165, 1.54) is 0 Å². The Morgan fingerprint density at radius 2 is 1.76 bits per heavy atom. The lowest BCUT2D eigenvalue weighted by Crippen LogP contribution is -2.15. The maximum atomic E-state index is 5.56. The summed E-state index contributed by atoms with van der Waals surface area (Å²) in [5.74, 6) is 1.61. The van der Waals surface area contributed by atoms with Crippen LogP contribution in [0.1, 0.15) is 0 Å². The van der Waals surface area contributed by atoms with Crippen LogP contribution in [0.25, 0.3) is 11.1 Å². The van der Waals surface area contributed by atoms with E-state index in [-0.39, 0.29) is 0 Å². The molecule has 0 atom stereocenters. The van der Waals surface area contributed by atoms with E-state index in [4.69, 9.17) is 9.47 Å². The summed E-state index contributed by atoms with van der Waals surface area (Å²) in [5, 5.41) is 0.